The molecule has 0 saturated heterocycles. The Morgan fingerprint density at radius 1 is 1.38 bits per heavy atom. The third-order valence-electron chi connectivity index (χ3n) is 2.49. The summed E-state index contributed by atoms with van der Waals surface area (Å²) in [6.07, 6.45) is 6.72. The van der Waals surface area contributed by atoms with Crippen LogP contribution in [-0.4, -0.2) is 10.8 Å². The van der Waals surface area contributed by atoms with E-state index in [4.69, 9.17) is 0 Å². The number of carbonyl (C=O) groups excluding carboxylic acids is 1. The van der Waals surface area contributed by atoms with E-state index >= 15 is 0 Å². The Bertz CT molecular complexity index is 358. The van der Waals surface area contributed by atoms with Crippen LogP contribution in [0.5, 0.6) is 0 Å². The second-order valence-electron chi connectivity index (χ2n) is 3.98. The molecule has 1 heterocycles. The molecule has 0 saturated carbocycles. The molecule has 1 aromatic rings. The Kier molecular flexibility index (Phi) is 5.48. The van der Waals surface area contributed by atoms with Crippen LogP contribution in [-0.2, 0) is 0 Å². The van der Waals surface area contributed by atoms with Gasteiger partial charge in [0.25, 0.3) is 0 Å². The smallest absolute Gasteiger partial charge is 0.181 e. The van der Waals surface area contributed by atoms with Crippen molar-refractivity contribution < 1.29 is 4.79 Å². The van der Waals surface area contributed by atoms with E-state index in [-0.39, 0.29) is 5.78 Å². The molecular formula is C14H19NO. The fraction of sp³-hybridized carbons (Fsp3) is 0.429. The zero-order valence-corrected chi connectivity index (χ0v) is 9.91. The Hall–Kier alpha value is -1.44. The van der Waals surface area contributed by atoms with Crippen molar-refractivity contribution in [2.45, 2.75) is 39.0 Å². The van der Waals surface area contributed by atoms with Gasteiger partial charge in [-0.15, -0.1) is 6.58 Å². The first-order chi connectivity index (χ1) is 7.74. The van der Waals surface area contributed by atoms with Crippen LogP contribution in [0.3, 0.4) is 0 Å². The van der Waals surface area contributed by atoms with E-state index in [9.17, 15) is 4.79 Å². The van der Waals surface area contributed by atoms with Crippen LogP contribution in [0.4, 0.5) is 0 Å². The summed E-state index contributed by atoms with van der Waals surface area (Å²) in [4.78, 5) is 16.0. The molecule has 16 heavy (non-hydrogen) atoms. The molecule has 0 atom stereocenters. The molecule has 2 nitrogen and oxygen atoms in total. The van der Waals surface area contributed by atoms with Crippen molar-refractivity contribution in [2.75, 3.05) is 0 Å². The van der Waals surface area contributed by atoms with Crippen molar-refractivity contribution in [1.82, 2.24) is 4.98 Å². The van der Waals surface area contributed by atoms with E-state index in [2.05, 4.69) is 11.6 Å². The molecule has 0 unspecified atom stereocenters. The van der Waals surface area contributed by atoms with Gasteiger partial charge in [-0.1, -0.05) is 18.6 Å². The third kappa shape index (κ3) is 4.39. The summed E-state index contributed by atoms with van der Waals surface area (Å²) in [5, 5.41) is 0. The topological polar surface area (TPSA) is 30.0 Å². The van der Waals surface area contributed by atoms with Gasteiger partial charge in [0, 0.05) is 12.1 Å². The summed E-state index contributed by atoms with van der Waals surface area (Å²) in [5.74, 6) is 0.155. The highest BCUT2D eigenvalue weighted by Gasteiger charge is 2.06. The number of pyridine rings is 1. The molecule has 86 valence electrons. The fourth-order valence-corrected chi connectivity index (χ4v) is 1.58. The van der Waals surface area contributed by atoms with Gasteiger partial charge < -0.3 is 0 Å². The summed E-state index contributed by atoms with van der Waals surface area (Å²) in [6, 6.07) is 5.58. The highest BCUT2D eigenvalue weighted by atomic mass is 16.1. The molecule has 0 bridgehead atoms. The number of nitrogens with zero attached hydrogens (tertiary/aromatic N) is 1. The molecule has 2 heteroatoms. The predicted octanol–water partition coefficient (Wildman–Crippen LogP) is 3.71. The molecule has 0 radical (unpaired) electrons. The zero-order valence-electron chi connectivity index (χ0n) is 9.91. The second-order valence-corrected chi connectivity index (χ2v) is 3.98. The molecule has 0 aromatic carbocycles. The maximum Gasteiger partial charge on any atom is 0.181 e. The highest BCUT2D eigenvalue weighted by molar-refractivity contribution is 5.94. The van der Waals surface area contributed by atoms with Crippen molar-refractivity contribution in [3.8, 4) is 0 Å². The molecular weight excluding hydrogens is 198 g/mol. The van der Waals surface area contributed by atoms with Gasteiger partial charge in [-0.2, -0.15) is 0 Å². The van der Waals surface area contributed by atoms with Crippen LogP contribution in [0.25, 0.3) is 0 Å². The Morgan fingerprint density at radius 2 is 2.19 bits per heavy atom. The molecule has 1 aromatic heterocycles. The van der Waals surface area contributed by atoms with E-state index in [1.807, 2.05) is 25.1 Å². The number of hydrogen-bond acceptors (Lipinski definition) is 2. The van der Waals surface area contributed by atoms with Crippen molar-refractivity contribution in [2.24, 2.45) is 0 Å². The van der Waals surface area contributed by atoms with Crippen LogP contribution in [0.15, 0.2) is 30.9 Å². The van der Waals surface area contributed by atoms with Gasteiger partial charge in [-0.25, -0.2) is 0 Å². The second kappa shape index (κ2) is 6.94. The maximum absolute atomic E-state index is 11.7. The van der Waals surface area contributed by atoms with Crippen molar-refractivity contribution in [3.05, 3.63) is 42.2 Å². The number of rotatable bonds is 7. The quantitative estimate of drug-likeness (QED) is 0.396. The minimum atomic E-state index is 0.155. The van der Waals surface area contributed by atoms with Crippen molar-refractivity contribution in [3.63, 3.8) is 0 Å². The lowest BCUT2D eigenvalue weighted by Crippen LogP contribution is -2.02. The molecule has 0 spiro atoms. The van der Waals surface area contributed by atoms with Gasteiger partial charge in [0.15, 0.2) is 5.78 Å². The molecule has 0 aliphatic carbocycles. The van der Waals surface area contributed by atoms with E-state index < -0.39 is 0 Å². The lowest BCUT2D eigenvalue weighted by molar-refractivity contribution is 0.0974. The first-order valence-corrected chi connectivity index (χ1v) is 5.82. The Morgan fingerprint density at radius 3 is 2.88 bits per heavy atom. The number of aromatic nitrogens is 1. The van der Waals surface area contributed by atoms with Crippen molar-refractivity contribution >= 4 is 5.78 Å². The normalized spacial score (nSPS) is 10.1. The molecule has 0 N–H and O–H groups in total. The lowest BCUT2D eigenvalue weighted by atomic mass is 10.1. The maximum atomic E-state index is 11.7. The Labute approximate surface area is 97.4 Å². The van der Waals surface area contributed by atoms with Crippen LogP contribution in [0.1, 0.15) is 48.3 Å². The van der Waals surface area contributed by atoms with Crippen molar-refractivity contribution in [1.29, 1.82) is 0 Å². The monoisotopic (exact) mass is 217 g/mol. The van der Waals surface area contributed by atoms with Crippen LogP contribution in [0, 0.1) is 6.92 Å². The number of hydrogen-bond donors (Lipinski definition) is 0. The number of Topliss-reactive ketones (excluding diaryl/α,β-unsaturated/α-hetero) is 1. The average Bonchev–Trinajstić information content (AvgIpc) is 2.28. The van der Waals surface area contributed by atoms with Gasteiger partial charge in [0.2, 0.25) is 0 Å². The number of unbranched alkanes of at least 4 members (excludes halogenated alkanes) is 3. The van der Waals surface area contributed by atoms with Crippen LogP contribution >= 0.6 is 0 Å². The predicted molar refractivity (Wildman–Crippen MR) is 66.6 cm³/mol. The summed E-state index contributed by atoms with van der Waals surface area (Å²) < 4.78 is 0. The molecule has 0 fully saturated rings. The van der Waals surface area contributed by atoms with Gasteiger partial charge >= 0.3 is 0 Å². The van der Waals surface area contributed by atoms with Gasteiger partial charge in [0.1, 0.15) is 5.69 Å². The van der Waals surface area contributed by atoms with Gasteiger partial charge in [0.05, 0.1) is 0 Å². The summed E-state index contributed by atoms with van der Waals surface area (Å²) in [5.41, 5.74) is 1.50. The SMILES string of the molecule is C=CCCCCCC(=O)c1cccc(C)n1. The minimum Gasteiger partial charge on any atom is -0.292 e. The molecule has 0 aliphatic heterocycles. The summed E-state index contributed by atoms with van der Waals surface area (Å²) in [7, 11) is 0. The van der Waals surface area contributed by atoms with E-state index in [1.165, 1.54) is 0 Å². The summed E-state index contributed by atoms with van der Waals surface area (Å²) in [6.45, 7) is 5.58. The van der Waals surface area contributed by atoms with E-state index in [0.29, 0.717) is 12.1 Å². The van der Waals surface area contributed by atoms with Gasteiger partial charge in [-0.3, -0.25) is 9.78 Å². The zero-order chi connectivity index (χ0) is 11.8. The first-order valence-electron chi connectivity index (χ1n) is 5.82. The molecule has 0 aliphatic rings. The van der Waals surface area contributed by atoms with Gasteiger partial charge in [-0.05, 0) is 38.3 Å². The number of allylic oxidation sites excluding steroid dienone is 1. The standard InChI is InChI=1S/C14H19NO/c1-3-4-5-6-7-11-14(16)13-10-8-9-12(2)15-13/h3,8-10H,1,4-7,11H2,2H3. The highest BCUT2D eigenvalue weighted by Crippen LogP contribution is 2.08. The molecule has 0 amide bonds. The first kappa shape index (κ1) is 12.6. The average molecular weight is 217 g/mol. The fourth-order valence-electron chi connectivity index (χ4n) is 1.58. The largest absolute Gasteiger partial charge is 0.292 e. The number of carbonyl (C=O) groups is 1. The van der Waals surface area contributed by atoms with Crippen LogP contribution < -0.4 is 0 Å². The Balaban J connectivity index is 2.32. The molecule has 1 rings (SSSR count). The van der Waals surface area contributed by atoms with Crippen LogP contribution in [0.2, 0.25) is 0 Å². The number of ketones is 1. The summed E-state index contributed by atoms with van der Waals surface area (Å²) >= 11 is 0. The number of aryl methyl sites for hydroxylation is 1. The lowest BCUT2D eigenvalue weighted by Gasteiger charge is -2.01. The van der Waals surface area contributed by atoms with E-state index in [0.717, 1.165) is 31.4 Å². The van der Waals surface area contributed by atoms with E-state index in [1.54, 1.807) is 6.07 Å². The third-order valence-corrected chi connectivity index (χ3v) is 2.49. The minimum absolute atomic E-state index is 0.155.